The van der Waals surface area contributed by atoms with Crippen LogP contribution in [0, 0.1) is 5.82 Å². The Kier molecular flexibility index (Phi) is 6.08. The van der Waals surface area contributed by atoms with E-state index in [1.807, 2.05) is 10.9 Å². The lowest BCUT2D eigenvalue weighted by Gasteiger charge is -2.17. The topological polar surface area (TPSA) is 97.1 Å². The van der Waals surface area contributed by atoms with Crippen LogP contribution in [0.5, 0.6) is 11.5 Å². The van der Waals surface area contributed by atoms with Crippen LogP contribution in [0.2, 0.25) is 0 Å². The first-order valence-corrected chi connectivity index (χ1v) is 11.5. The van der Waals surface area contributed by atoms with Gasteiger partial charge in [0, 0.05) is 24.1 Å². The van der Waals surface area contributed by atoms with Crippen molar-refractivity contribution >= 4 is 17.2 Å². The molecule has 0 radical (unpaired) electrons. The van der Waals surface area contributed by atoms with Crippen molar-refractivity contribution in [1.82, 2.24) is 19.7 Å². The van der Waals surface area contributed by atoms with Gasteiger partial charge in [0.1, 0.15) is 28.7 Å². The minimum absolute atomic E-state index is 0.315. The van der Waals surface area contributed by atoms with Crippen molar-refractivity contribution in [2.75, 3.05) is 10.6 Å². The van der Waals surface area contributed by atoms with E-state index in [0.29, 0.717) is 47.0 Å². The molecule has 1 aliphatic carbocycles. The molecule has 0 atom stereocenters. The molecule has 3 heterocycles. The van der Waals surface area contributed by atoms with Crippen LogP contribution >= 0.6 is 0 Å². The third kappa shape index (κ3) is 5.58. The molecular formula is C26H27FN6O2. The van der Waals surface area contributed by atoms with Crippen molar-refractivity contribution in [3.63, 3.8) is 0 Å². The van der Waals surface area contributed by atoms with Gasteiger partial charge in [-0.15, -0.1) is 0 Å². The van der Waals surface area contributed by atoms with Crippen molar-refractivity contribution < 1.29 is 14.2 Å². The number of hydrogen-bond acceptors (Lipinski definition) is 7. The van der Waals surface area contributed by atoms with Gasteiger partial charge in [0.25, 0.3) is 0 Å². The molecule has 3 N–H and O–H groups in total. The average Bonchev–Trinajstić information content (AvgIpc) is 3.60. The van der Waals surface area contributed by atoms with Crippen LogP contribution in [0.15, 0.2) is 67.1 Å². The number of rotatable bonds is 9. The highest BCUT2D eigenvalue weighted by Gasteiger charge is 2.26. The number of halogens is 1. The lowest BCUT2D eigenvalue weighted by atomic mass is 10.0. The molecule has 0 spiro atoms. The summed E-state index contributed by atoms with van der Waals surface area (Å²) >= 11 is 0. The molecule has 0 amide bonds. The van der Waals surface area contributed by atoms with Gasteiger partial charge >= 0.3 is 0 Å². The van der Waals surface area contributed by atoms with E-state index < -0.39 is 5.60 Å². The summed E-state index contributed by atoms with van der Waals surface area (Å²) in [6, 6.07) is 14.1. The molecule has 0 saturated heterocycles. The summed E-state index contributed by atoms with van der Waals surface area (Å²) in [4.78, 5) is 8.60. The summed E-state index contributed by atoms with van der Waals surface area (Å²) < 4.78 is 22.2. The summed E-state index contributed by atoms with van der Waals surface area (Å²) in [5, 5.41) is 21.2. The molecule has 8 nitrogen and oxygen atoms in total. The number of nitrogens with one attached hydrogen (secondary N) is 2. The molecule has 1 saturated carbocycles. The van der Waals surface area contributed by atoms with Crippen LogP contribution in [-0.4, -0.2) is 24.9 Å². The molecule has 1 aliphatic rings. The van der Waals surface area contributed by atoms with Gasteiger partial charge in [-0.1, -0.05) is 12.1 Å². The van der Waals surface area contributed by atoms with Gasteiger partial charge < -0.3 is 20.5 Å². The zero-order valence-corrected chi connectivity index (χ0v) is 19.6. The number of para-hydroxylation sites is 1. The molecule has 5 rings (SSSR count). The van der Waals surface area contributed by atoms with Gasteiger partial charge in [0.2, 0.25) is 0 Å². The van der Waals surface area contributed by atoms with Gasteiger partial charge in [-0.05, 0) is 57.0 Å². The molecule has 0 unspecified atom stereocenters. The SMILES string of the molecule is CC(C)(O)c1cc(Nc2cc(Oc3cn(C4CC4)nc3CNc3ccccc3F)ccn2)ccn1. The highest BCUT2D eigenvalue weighted by Crippen LogP contribution is 2.37. The summed E-state index contributed by atoms with van der Waals surface area (Å²) in [6.07, 6.45) is 7.35. The Hall–Kier alpha value is -3.98. The molecule has 35 heavy (non-hydrogen) atoms. The zero-order valence-electron chi connectivity index (χ0n) is 19.6. The fourth-order valence-electron chi connectivity index (χ4n) is 3.59. The summed E-state index contributed by atoms with van der Waals surface area (Å²) in [5.74, 6) is 1.45. The number of aliphatic hydroxyl groups is 1. The normalized spacial score (nSPS) is 13.5. The van der Waals surface area contributed by atoms with E-state index >= 15 is 0 Å². The standard InChI is InChI=1S/C26H27FN6O2/c1-26(2,34)24-13-17(9-11-28-24)31-25-14-19(10-12-29-25)35-23-16-33(18-7-8-18)32-22(23)15-30-21-6-4-3-5-20(21)27/h3-6,9-14,16,18,30,34H,7-8,15H2,1-2H3,(H,28,29,31). The first kappa shape index (κ1) is 22.8. The molecule has 9 heteroatoms. The lowest BCUT2D eigenvalue weighted by Crippen LogP contribution is -2.17. The Labute approximate surface area is 202 Å². The zero-order chi connectivity index (χ0) is 24.4. The largest absolute Gasteiger partial charge is 0.453 e. The van der Waals surface area contributed by atoms with E-state index in [-0.39, 0.29) is 5.82 Å². The van der Waals surface area contributed by atoms with Crippen LogP contribution in [-0.2, 0) is 12.1 Å². The van der Waals surface area contributed by atoms with Gasteiger partial charge in [0.05, 0.1) is 30.2 Å². The first-order chi connectivity index (χ1) is 16.8. The first-order valence-electron chi connectivity index (χ1n) is 11.5. The molecule has 180 valence electrons. The minimum atomic E-state index is -1.05. The van der Waals surface area contributed by atoms with Gasteiger partial charge in [-0.25, -0.2) is 9.37 Å². The minimum Gasteiger partial charge on any atom is -0.453 e. The van der Waals surface area contributed by atoms with E-state index in [1.54, 1.807) is 68.7 Å². The Morgan fingerprint density at radius 3 is 2.69 bits per heavy atom. The second-order valence-electron chi connectivity index (χ2n) is 9.08. The smallest absolute Gasteiger partial charge is 0.170 e. The number of nitrogens with zero attached hydrogens (tertiary/aromatic N) is 4. The summed E-state index contributed by atoms with van der Waals surface area (Å²) in [5.41, 5.74) is 1.35. The molecule has 3 aromatic heterocycles. The predicted molar refractivity (Wildman–Crippen MR) is 131 cm³/mol. The third-order valence-electron chi connectivity index (χ3n) is 5.63. The van der Waals surface area contributed by atoms with Gasteiger partial charge in [-0.2, -0.15) is 5.10 Å². The molecule has 0 bridgehead atoms. The van der Waals surface area contributed by atoms with Crippen LogP contribution in [0.1, 0.15) is 44.1 Å². The van der Waals surface area contributed by atoms with Gasteiger partial charge in [-0.3, -0.25) is 9.67 Å². The van der Waals surface area contributed by atoms with Crippen molar-refractivity contribution in [1.29, 1.82) is 0 Å². The number of benzene rings is 1. The van der Waals surface area contributed by atoms with Gasteiger partial charge in [0.15, 0.2) is 5.75 Å². The van der Waals surface area contributed by atoms with E-state index in [0.717, 1.165) is 18.5 Å². The second-order valence-corrected chi connectivity index (χ2v) is 9.08. The van der Waals surface area contributed by atoms with Crippen LogP contribution in [0.3, 0.4) is 0 Å². The maximum Gasteiger partial charge on any atom is 0.170 e. The van der Waals surface area contributed by atoms with Crippen LogP contribution in [0.25, 0.3) is 0 Å². The Morgan fingerprint density at radius 1 is 1.11 bits per heavy atom. The summed E-state index contributed by atoms with van der Waals surface area (Å²) in [7, 11) is 0. The maximum absolute atomic E-state index is 14.0. The third-order valence-corrected chi connectivity index (χ3v) is 5.63. The van der Waals surface area contributed by atoms with E-state index in [4.69, 9.17) is 4.74 Å². The molecule has 1 fully saturated rings. The van der Waals surface area contributed by atoms with Crippen molar-refractivity contribution in [3.05, 3.63) is 84.3 Å². The van der Waals surface area contributed by atoms with E-state index in [2.05, 4.69) is 25.7 Å². The maximum atomic E-state index is 14.0. The number of aromatic nitrogens is 4. The average molecular weight is 475 g/mol. The fraction of sp³-hybridized carbons (Fsp3) is 0.269. The molecule has 4 aromatic rings. The van der Waals surface area contributed by atoms with Crippen molar-refractivity contribution in [2.24, 2.45) is 0 Å². The monoisotopic (exact) mass is 474 g/mol. The Balaban J connectivity index is 1.34. The van der Waals surface area contributed by atoms with Crippen molar-refractivity contribution in [2.45, 2.75) is 44.9 Å². The number of pyridine rings is 2. The Morgan fingerprint density at radius 2 is 1.91 bits per heavy atom. The van der Waals surface area contributed by atoms with E-state index in [9.17, 15) is 9.50 Å². The summed E-state index contributed by atoms with van der Waals surface area (Å²) in [6.45, 7) is 3.70. The molecular weight excluding hydrogens is 447 g/mol. The lowest BCUT2D eigenvalue weighted by molar-refractivity contribution is 0.0739. The van der Waals surface area contributed by atoms with E-state index in [1.165, 1.54) is 6.07 Å². The van der Waals surface area contributed by atoms with Crippen LogP contribution < -0.4 is 15.4 Å². The highest BCUT2D eigenvalue weighted by molar-refractivity contribution is 5.58. The number of ether oxygens (including phenoxy) is 1. The number of anilines is 3. The predicted octanol–water partition coefficient (Wildman–Crippen LogP) is 5.52. The van der Waals surface area contributed by atoms with Crippen molar-refractivity contribution in [3.8, 4) is 11.5 Å². The molecule has 0 aliphatic heterocycles. The molecule has 1 aromatic carbocycles. The quantitative estimate of drug-likeness (QED) is 0.294. The Bertz CT molecular complexity index is 1330. The van der Waals surface area contributed by atoms with Crippen LogP contribution in [0.4, 0.5) is 21.6 Å². The highest BCUT2D eigenvalue weighted by atomic mass is 19.1. The number of hydrogen-bond donors (Lipinski definition) is 3. The fourth-order valence-corrected chi connectivity index (χ4v) is 3.59. The second kappa shape index (κ2) is 9.34.